The lowest BCUT2D eigenvalue weighted by atomic mass is 10.1. The topological polar surface area (TPSA) is 55.1 Å². The minimum absolute atomic E-state index is 0.0750. The van der Waals surface area contributed by atoms with Crippen molar-refractivity contribution in [3.05, 3.63) is 40.3 Å². The van der Waals surface area contributed by atoms with Gasteiger partial charge >= 0.3 is 5.97 Å². The number of halogens is 2. The van der Waals surface area contributed by atoms with Crippen LogP contribution in [-0.4, -0.2) is 20.9 Å². The largest absolute Gasteiger partial charge is 0.478 e. The van der Waals surface area contributed by atoms with E-state index in [0.717, 1.165) is 6.07 Å². The lowest BCUT2D eigenvalue weighted by Gasteiger charge is -2.06. The summed E-state index contributed by atoms with van der Waals surface area (Å²) < 4.78 is 14.4. The smallest absolute Gasteiger partial charge is 0.339 e. The Bertz CT molecular complexity index is 637. The summed E-state index contributed by atoms with van der Waals surface area (Å²) in [7, 11) is 1.62. The van der Waals surface area contributed by atoms with E-state index in [0.29, 0.717) is 17.0 Å². The number of carbonyl (C=O) groups is 1. The molecule has 0 amide bonds. The second-order valence-corrected chi connectivity index (χ2v) is 4.27. The maximum absolute atomic E-state index is 13.0. The van der Waals surface area contributed by atoms with Crippen molar-refractivity contribution in [1.82, 2.24) is 9.78 Å². The highest BCUT2D eigenvalue weighted by atomic mass is 35.5. The molecule has 0 spiro atoms. The second-order valence-electron chi connectivity index (χ2n) is 3.86. The van der Waals surface area contributed by atoms with Crippen LogP contribution in [-0.2, 0) is 7.05 Å². The summed E-state index contributed by atoms with van der Waals surface area (Å²) in [6.45, 7) is 1.60. The number of aromatic carboxylic acids is 1. The van der Waals surface area contributed by atoms with Crippen molar-refractivity contribution >= 4 is 17.6 Å². The van der Waals surface area contributed by atoms with Gasteiger partial charge in [0.1, 0.15) is 11.4 Å². The average Bonchev–Trinajstić information content (AvgIpc) is 2.53. The minimum Gasteiger partial charge on any atom is -0.478 e. The standard InChI is InChI=1S/C12H10ClFN2O2/c1-6-10(12(17)18)11(16(2)15-6)8-4-3-7(14)5-9(8)13/h3-5H,1-2H3,(H,17,18). The monoisotopic (exact) mass is 268 g/mol. The Morgan fingerprint density at radius 1 is 1.50 bits per heavy atom. The predicted molar refractivity (Wildman–Crippen MR) is 65.3 cm³/mol. The van der Waals surface area contributed by atoms with Gasteiger partial charge in [-0.2, -0.15) is 5.10 Å². The molecule has 0 aliphatic carbocycles. The van der Waals surface area contributed by atoms with Crippen LogP contribution in [0.2, 0.25) is 5.02 Å². The van der Waals surface area contributed by atoms with Gasteiger partial charge in [0, 0.05) is 12.6 Å². The Balaban J connectivity index is 2.74. The summed E-state index contributed by atoms with van der Waals surface area (Å²) in [5, 5.41) is 13.4. The van der Waals surface area contributed by atoms with Gasteiger partial charge < -0.3 is 5.11 Å². The molecule has 4 nitrogen and oxygen atoms in total. The van der Waals surface area contributed by atoms with Gasteiger partial charge in [0.25, 0.3) is 0 Å². The lowest BCUT2D eigenvalue weighted by Crippen LogP contribution is -2.02. The molecule has 0 radical (unpaired) electrons. The third kappa shape index (κ3) is 1.97. The van der Waals surface area contributed by atoms with Crippen molar-refractivity contribution < 1.29 is 14.3 Å². The third-order valence-electron chi connectivity index (χ3n) is 2.62. The number of carboxylic acid groups (broad SMARTS) is 1. The van der Waals surface area contributed by atoms with Crippen LogP contribution in [0.4, 0.5) is 4.39 Å². The molecule has 0 aliphatic heterocycles. The van der Waals surface area contributed by atoms with Gasteiger partial charge in [0.15, 0.2) is 0 Å². The highest BCUT2D eigenvalue weighted by Gasteiger charge is 2.22. The molecule has 0 atom stereocenters. The van der Waals surface area contributed by atoms with E-state index in [9.17, 15) is 14.3 Å². The van der Waals surface area contributed by atoms with Crippen LogP contribution in [0.3, 0.4) is 0 Å². The first-order valence-electron chi connectivity index (χ1n) is 5.14. The minimum atomic E-state index is -1.09. The van der Waals surface area contributed by atoms with E-state index >= 15 is 0 Å². The van der Waals surface area contributed by atoms with Crippen LogP contribution in [0.25, 0.3) is 11.3 Å². The number of nitrogens with zero attached hydrogens (tertiary/aromatic N) is 2. The predicted octanol–water partition coefficient (Wildman–Crippen LogP) is 2.89. The van der Waals surface area contributed by atoms with E-state index in [1.807, 2.05) is 0 Å². The van der Waals surface area contributed by atoms with E-state index in [2.05, 4.69) is 5.10 Å². The first-order chi connectivity index (χ1) is 8.41. The van der Waals surface area contributed by atoms with Crippen LogP contribution in [0.1, 0.15) is 16.1 Å². The molecule has 0 saturated heterocycles. The third-order valence-corrected chi connectivity index (χ3v) is 2.94. The molecule has 2 aromatic rings. The van der Waals surface area contributed by atoms with Gasteiger partial charge in [-0.3, -0.25) is 4.68 Å². The van der Waals surface area contributed by atoms with Crippen molar-refractivity contribution in [2.24, 2.45) is 7.05 Å². The molecule has 6 heteroatoms. The van der Waals surface area contributed by atoms with E-state index in [4.69, 9.17) is 11.6 Å². The molecule has 0 aliphatic rings. The van der Waals surface area contributed by atoms with E-state index in [1.165, 1.54) is 16.8 Å². The van der Waals surface area contributed by atoms with E-state index in [-0.39, 0.29) is 10.6 Å². The van der Waals surface area contributed by atoms with Crippen molar-refractivity contribution in [3.63, 3.8) is 0 Å². The lowest BCUT2D eigenvalue weighted by molar-refractivity contribution is 0.0697. The fourth-order valence-corrected chi connectivity index (χ4v) is 2.16. The van der Waals surface area contributed by atoms with Crippen molar-refractivity contribution in [2.75, 3.05) is 0 Å². The molecule has 1 N–H and O–H groups in total. The average molecular weight is 269 g/mol. The number of hydrogen-bond acceptors (Lipinski definition) is 2. The summed E-state index contributed by atoms with van der Waals surface area (Å²) in [6, 6.07) is 3.82. The number of carboxylic acids is 1. The fraction of sp³-hybridized carbons (Fsp3) is 0.167. The summed E-state index contributed by atoms with van der Waals surface area (Å²) >= 11 is 5.95. The zero-order chi connectivity index (χ0) is 13.4. The summed E-state index contributed by atoms with van der Waals surface area (Å²) in [5.74, 6) is -1.56. The van der Waals surface area contributed by atoms with E-state index < -0.39 is 11.8 Å². The number of benzene rings is 1. The fourth-order valence-electron chi connectivity index (χ4n) is 1.90. The Labute approximate surface area is 108 Å². The Morgan fingerprint density at radius 2 is 2.17 bits per heavy atom. The van der Waals surface area contributed by atoms with Crippen LogP contribution < -0.4 is 0 Å². The van der Waals surface area contributed by atoms with Gasteiger partial charge in [-0.25, -0.2) is 9.18 Å². The Morgan fingerprint density at radius 3 is 2.72 bits per heavy atom. The molecule has 94 valence electrons. The van der Waals surface area contributed by atoms with Crippen LogP contribution in [0, 0.1) is 12.7 Å². The van der Waals surface area contributed by atoms with Gasteiger partial charge in [-0.05, 0) is 25.1 Å². The molecule has 0 fully saturated rings. The van der Waals surface area contributed by atoms with Gasteiger partial charge in [0.2, 0.25) is 0 Å². The maximum Gasteiger partial charge on any atom is 0.339 e. The van der Waals surface area contributed by atoms with Crippen LogP contribution in [0.5, 0.6) is 0 Å². The number of aromatic nitrogens is 2. The van der Waals surface area contributed by atoms with Crippen LogP contribution >= 0.6 is 11.6 Å². The number of hydrogen-bond donors (Lipinski definition) is 1. The molecule has 0 unspecified atom stereocenters. The van der Waals surface area contributed by atoms with Gasteiger partial charge in [-0.1, -0.05) is 11.6 Å². The quantitative estimate of drug-likeness (QED) is 0.911. The van der Waals surface area contributed by atoms with Gasteiger partial charge in [0.05, 0.1) is 16.4 Å². The summed E-state index contributed by atoms with van der Waals surface area (Å²) in [5.41, 5.74) is 1.27. The first-order valence-corrected chi connectivity index (χ1v) is 5.52. The number of rotatable bonds is 2. The maximum atomic E-state index is 13.0. The Hall–Kier alpha value is -1.88. The van der Waals surface area contributed by atoms with Crippen molar-refractivity contribution in [1.29, 1.82) is 0 Å². The zero-order valence-corrected chi connectivity index (χ0v) is 10.5. The van der Waals surface area contributed by atoms with Gasteiger partial charge in [-0.15, -0.1) is 0 Å². The highest BCUT2D eigenvalue weighted by Crippen LogP contribution is 2.32. The SMILES string of the molecule is Cc1nn(C)c(-c2ccc(F)cc2Cl)c1C(=O)O. The number of aryl methyl sites for hydroxylation is 2. The zero-order valence-electron chi connectivity index (χ0n) is 9.74. The highest BCUT2D eigenvalue weighted by molar-refractivity contribution is 6.33. The molecule has 1 heterocycles. The molecule has 1 aromatic heterocycles. The molecular weight excluding hydrogens is 259 g/mol. The summed E-state index contributed by atoms with van der Waals surface area (Å²) in [4.78, 5) is 11.2. The molecule has 1 aromatic carbocycles. The molecule has 0 bridgehead atoms. The molecule has 0 saturated carbocycles. The molecular formula is C12H10ClFN2O2. The van der Waals surface area contributed by atoms with Crippen molar-refractivity contribution in [3.8, 4) is 11.3 Å². The van der Waals surface area contributed by atoms with Crippen LogP contribution in [0.15, 0.2) is 18.2 Å². The molecule has 2 rings (SSSR count). The molecule has 18 heavy (non-hydrogen) atoms. The van der Waals surface area contributed by atoms with E-state index in [1.54, 1.807) is 14.0 Å². The summed E-state index contributed by atoms with van der Waals surface area (Å²) in [6.07, 6.45) is 0. The van der Waals surface area contributed by atoms with Crippen molar-refractivity contribution in [2.45, 2.75) is 6.92 Å². The second kappa shape index (κ2) is 4.42. The normalized spacial score (nSPS) is 10.7. The Kier molecular flexibility index (Phi) is 3.09. The first kappa shape index (κ1) is 12.6.